The van der Waals surface area contributed by atoms with Gasteiger partial charge in [0, 0.05) is 12.6 Å². The van der Waals surface area contributed by atoms with Crippen LogP contribution in [0, 0.1) is 5.82 Å². The average Bonchev–Trinajstić information content (AvgIpc) is 3.10. The minimum Gasteiger partial charge on any atom is -0.386 e. The van der Waals surface area contributed by atoms with Gasteiger partial charge < -0.3 is 15.1 Å². The summed E-state index contributed by atoms with van der Waals surface area (Å²) in [5.74, 6) is 1.57. The molecule has 1 aromatic carbocycles. The molecule has 156 valence electrons. The number of carbonyl (C=O) groups excluding carboxylic acids is 1. The highest BCUT2D eigenvalue weighted by Gasteiger charge is 2.39. The molecule has 0 radical (unpaired) electrons. The summed E-state index contributed by atoms with van der Waals surface area (Å²) >= 11 is 0. The lowest BCUT2D eigenvalue weighted by Crippen LogP contribution is -2.41. The van der Waals surface area contributed by atoms with Gasteiger partial charge >= 0.3 is 12.1 Å². The number of nitrogens with two attached hydrogens (primary N) is 1. The minimum atomic E-state index is -4.85. The molecule has 1 heterocycles. The average molecular weight is 404 g/mol. The molecule has 1 unspecified atom stereocenters. The smallest absolute Gasteiger partial charge is 0.386 e. The lowest BCUT2D eigenvalue weighted by atomic mass is 10.1. The maximum absolute atomic E-state index is 14.4. The number of benzene rings is 1. The minimum absolute atomic E-state index is 0.151. The SMILES string of the molecule is CC(N=C(ON)C(F)(F)F)c1ccc(C(=O)N[C@H](C)CN2CCCC2)c(F)c1. The first-order valence-corrected chi connectivity index (χ1v) is 8.96. The standard InChI is InChI=1S/C18H24F4N4O2/c1-11(10-26-7-3-4-8-26)24-16(27)14-6-5-13(9-15(14)19)12(2)25-17(28-23)18(20,21)22/h5-6,9,11-12H,3-4,7-8,10,23H2,1-2H3,(H,24,27)/t11-,12?/m1/s1. The summed E-state index contributed by atoms with van der Waals surface area (Å²) in [4.78, 5) is 21.6. The number of carbonyl (C=O) groups is 1. The summed E-state index contributed by atoms with van der Waals surface area (Å²) in [7, 11) is 0. The van der Waals surface area contributed by atoms with Crippen LogP contribution in [0.3, 0.4) is 0 Å². The third-order valence-electron chi connectivity index (χ3n) is 4.49. The quantitative estimate of drug-likeness (QED) is 0.331. The Morgan fingerprint density at radius 3 is 2.50 bits per heavy atom. The van der Waals surface area contributed by atoms with Crippen molar-refractivity contribution in [3.8, 4) is 0 Å². The molecule has 1 aromatic rings. The van der Waals surface area contributed by atoms with Gasteiger partial charge in [-0.05, 0) is 57.5 Å². The van der Waals surface area contributed by atoms with Crippen LogP contribution < -0.4 is 11.2 Å². The zero-order chi connectivity index (χ0) is 20.9. The third kappa shape index (κ3) is 5.90. The molecule has 0 aromatic heterocycles. The fraction of sp³-hybridized carbons (Fsp3) is 0.556. The van der Waals surface area contributed by atoms with Gasteiger partial charge in [0.25, 0.3) is 5.91 Å². The van der Waals surface area contributed by atoms with E-state index in [1.807, 2.05) is 6.92 Å². The van der Waals surface area contributed by atoms with E-state index in [-0.39, 0.29) is 17.2 Å². The third-order valence-corrected chi connectivity index (χ3v) is 4.49. The van der Waals surface area contributed by atoms with Gasteiger partial charge in [-0.1, -0.05) is 6.07 Å². The summed E-state index contributed by atoms with van der Waals surface area (Å²) in [6.45, 7) is 5.81. The normalized spacial score (nSPS) is 18.0. The second kappa shape index (κ2) is 9.33. The van der Waals surface area contributed by atoms with E-state index in [1.54, 1.807) is 0 Å². The van der Waals surface area contributed by atoms with Crippen molar-refractivity contribution in [1.29, 1.82) is 0 Å². The monoisotopic (exact) mass is 404 g/mol. The van der Waals surface area contributed by atoms with Crippen LogP contribution >= 0.6 is 0 Å². The molecular weight excluding hydrogens is 380 g/mol. The van der Waals surface area contributed by atoms with Crippen molar-refractivity contribution >= 4 is 11.8 Å². The van der Waals surface area contributed by atoms with Crippen molar-refractivity contribution in [3.05, 3.63) is 35.1 Å². The van der Waals surface area contributed by atoms with Crippen LogP contribution in [-0.2, 0) is 4.84 Å². The van der Waals surface area contributed by atoms with Gasteiger partial charge in [0.15, 0.2) is 0 Å². The van der Waals surface area contributed by atoms with Crippen molar-refractivity contribution in [2.24, 2.45) is 10.9 Å². The number of nitrogens with one attached hydrogen (secondary N) is 1. The molecule has 6 nitrogen and oxygen atoms in total. The molecule has 1 aliphatic rings. The van der Waals surface area contributed by atoms with Gasteiger partial charge in [-0.2, -0.15) is 19.1 Å². The number of aliphatic imine (C=N–C) groups is 1. The van der Waals surface area contributed by atoms with Crippen LogP contribution in [0.25, 0.3) is 0 Å². The van der Waals surface area contributed by atoms with Crippen molar-refractivity contribution in [2.45, 2.75) is 44.9 Å². The summed E-state index contributed by atoms with van der Waals surface area (Å²) in [5.41, 5.74) is -0.0303. The fourth-order valence-corrected chi connectivity index (χ4v) is 3.10. The molecule has 1 saturated heterocycles. The van der Waals surface area contributed by atoms with Crippen LogP contribution in [0.4, 0.5) is 17.6 Å². The fourth-order valence-electron chi connectivity index (χ4n) is 3.10. The van der Waals surface area contributed by atoms with E-state index in [4.69, 9.17) is 0 Å². The van der Waals surface area contributed by atoms with Gasteiger partial charge in [-0.25, -0.2) is 9.38 Å². The summed E-state index contributed by atoms with van der Waals surface area (Å²) in [6, 6.07) is 2.33. The molecule has 0 spiro atoms. The van der Waals surface area contributed by atoms with Crippen LogP contribution in [0.2, 0.25) is 0 Å². The molecule has 2 atom stereocenters. The molecule has 0 bridgehead atoms. The van der Waals surface area contributed by atoms with E-state index in [1.165, 1.54) is 19.1 Å². The Morgan fingerprint density at radius 2 is 1.96 bits per heavy atom. The number of hydrogen-bond acceptors (Lipinski definition) is 5. The molecule has 0 aliphatic carbocycles. The Bertz CT molecular complexity index is 718. The second-order valence-corrected chi connectivity index (χ2v) is 6.85. The second-order valence-electron chi connectivity index (χ2n) is 6.85. The Morgan fingerprint density at radius 1 is 1.32 bits per heavy atom. The van der Waals surface area contributed by atoms with E-state index in [9.17, 15) is 22.4 Å². The van der Waals surface area contributed by atoms with Crippen molar-refractivity contribution in [2.75, 3.05) is 19.6 Å². The maximum atomic E-state index is 14.4. The molecule has 1 amide bonds. The Labute approximate surface area is 160 Å². The highest BCUT2D eigenvalue weighted by molar-refractivity contribution is 5.94. The van der Waals surface area contributed by atoms with Crippen molar-refractivity contribution < 1.29 is 27.2 Å². The van der Waals surface area contributed by atoms with Crippen LogP contribution in [0.15, 0.2) is 23.2 Å². The molecule has 3 N–H and O–H groups in total. The lowest BCUT2D eigenvalue weighted by Gasteiger charge is -2.21. The molecule has 28 heavy (non-hydrogen) atoms. The van der Waals surface area contributed by atoms with Gasteiger partial charge in [0.2, 0.25) is 0 Å². The molecule has 1 fully saturated rings. The van der Waals surface area contributed by atoms with Gasteiger partial charge in [-0.3, -0.25) is 4.79 Å². The van der Waals surface area contributed by atoms with Crippen LogP contribution in [0.1, 0.15) is 48.7 Å². The summed E-state index contributed by atoms with van der Waals surface area (Å²) in [5, 5.41) is 2.74. The highest BCUT2D eigenvalue weighted by atomic mass is 19.4. The molecule has 1 aliphatic heterocycles. The first kappa shape index (κ1) is 22.1. The van der Waals surface area contributed by atoms with Gasteiger partial charge in [-0.15, -0.1) is 0 Å². The molecule has 2 rings (SSSR count). The maximum Gasteiger partial charge on any atom is 0.470 e. The van der Waals surface area contributed by atoms with Crippen LogP contribution in [-0.4, -0.2) is 48.6 Å². The van der Waals surface area contributed by atoms with E-state index < -0.39 is 29.8 Å². The number of halogens is 4. The number of nitrogens with zero attached hydrogens (tertiary/aromatic N) is 2. The van der Waals surface area contributed by atoms with E-state index in [2.05, 4.69) is 25.9 Å². The van der Waals surface area contributed by atoms with E-state index in [0.717, 1.165) is 32.0 Å². The Kier molecular flexibility index (Phi) is 7.36. The number of likely N-dealkylation sites (tertiary alicyclic amines) is 1. The van der Waals surface area contributed by atoms with Crippen molar-refractivity contribution in [3.63, 3.8) is 0 Å². The Balaban J connectivity index is 2.06. The number of rotatable bonds is 6. The first-order chi connectivity index (χ1) is 13.1. The number of hydrogen-bond donors (Lipinski definition) is 2. The number of amides is 1. The van der Waals surface area contributed by atoms with Gasteiger partial charge in [0.05, 0.1) is 11.6 Å². The summed E-state index contributed by atoms with van der Waals surface area (Å²) in [6.07, 6.45) is -2.60. The largest absolute Gasteiger partial charge is 0.470 e. The highest BCUT2D eigenvalue weighted by Crippen LogP contribution is 2.24. The zero-order valence-corrected chi connectivity index (χ0v) is 15.7. The molecular formula is C18H24F4N4O2. The van der Waals surface area contributed by atoms with Crippen LogP contribution in [0.5, 0.6) is 0 Å². The molecule has 0 saturated carbocycles. The predicted octanol–water partition coefficient (Wildman–Crippen LogP) is 2.95. The predicted molar refractivity (Wildman–Crippen MR) is 96.2 cm³/mol. The van der Waals surface area contributed by atoms with Gasteiger partial charge in [0.1, 0.15) is 5.82 Å². The van der Waals surface area contributed by atoms with E-state index in [0.29, 0.717) is 6.54 Å². The van der Waals surface area contributed by atoms with E-state index >= 15 is 0 Å². The first-order valence-electron chi connectivity index (χ1n) is 8.96. The molecule has 10 heteroatoms. The number of alkyl halides is 3. The topological polar surface area (TPSA) is 80.0 Å². The summed E-state index contributed by atoms with van der Waals surface area (Å²) < 4.78 is 52.3. The lowest BCUT2D eigenvalue weighted by molar-refractivity contribution is -0.0790. The zero-order valence-electron chi connectivity index (χ0n) is 15.7. The Hall–Kier alpha value is -2.20. The van der Waals surface area contributed by atoms with Crippen molar-refractivity contribution in [1.82, 2.24) is 10.2 Å².